The normalized spacial score (nSPS) is 21.4. The lowest BCUT2D eigenvalue weighted by Crippen LogP contribution is -2.03. The van der Waals surface area contributed by atoms with Gasteiger partial charge in [-0.05, 0) is 58.9 Å². The van der Waals surface area contributed by atoms with E-state index in [4.69, 9.17) is 23.4 Å². The Morgan fingerprint density at radius 2 is 1.84 bits per heavy atom. The van der Waals surface area contributed by atoms with E-state index in [0.29, 0.717) is 11.8 Å². The number of halogens is 2. The van der Waals surface area contributed by atoms with E-state index >= 15 is 0 Å². The summed E-state index contributed by atoms with van der Waals surface area (Å²) in [6.07, 6.45) is 1.23. The third kappa shape index (κ3) is 2.94. The van der Waals surface area contributed by atoms with Crippen molar-refractivity contribution in [1.29, 1.82) is 0 Å². The topological polar surface area (TPSA) is 12.0 Å². The van der Waals surface area contributed by atoms with Gasteiger partial charge >= 0.3 is 0 Å². The largest absolute Gasteiger partial charge is 0.233 e. The molecule has 0 aliphatic heterocycles. The van der Waals surface area contributed by atoms with Crippen molar-refractivity contribution in [3.63, 3.8) is 0 Å². The first-order chi connectivity index (χ1) is 9.28. The second-order valence-electron chi connectivity index (χ2n) is 5.07. The van der Waals surface area contributed by atoms with Crippen LogP contribution in [0.1, 0.15) is 17.9 Å². The monoisotopic (exact) mass is 291 g/mol. The Morgan fingerprint density at radius 3 is 2.58 bits per heavy atom. The zero-order valence-electron chi connectivity index (χ0n) is 10.4. The minimum Gasteiger partial charge on any atom is -0.233 e. The fourth-order valence-corrected chi connectivity index (χ4v) is 2.90. The van der Waals surface area contributed by atoms with Crippen LogP contribution in [0, 0.1) is 5.92 Å². The first-order valence-electron chi connectivity index (χ1n) is 6.47. The van der Waals surface area contributed by atoms with E-state index in [1.165, 1.54) is 23.1 Å². The molecule has 1 fully saturated rings. The molecule has 1 nitrogen and oxygen atoms in total. The Bertz CT molecular complexity index is 565. The molecule has 1 N–H and O–H groups in total. The average molecular weight is 292 g/mol. The molecule has 19 heavy (non-hydrogen) atoms. The first-order valence-corrected chi connectivity index (χ1v) is 7.23. The number of hydrogen-bond acceptors (Lipinski definition) is 1. The molecule has 0 spiro atoms. The molecule has 0 heterocycles. The van der Waals surface area contributed by atoms with Gasteiger partial charge in [-0.3, -0.25) is 0 Å². The SMILES string of the molecule is ClNCC1CC1c1cccc(-c2ccc(Cl)cc2)c1. The van der Waals surface area contributed by atoms with Crippen LogP contribution in [0.25, 0.3) is 11.1 Å². The molecule has 2 aromatic rings. The van der Waals surface area contributed by atoms with E-state index in [9.17, 15) is 0 Å². The molecule has 1 saturated carbocycles. The van der Waals surface area contributed by atoms with E-state index in [1.807, 2.05) is 12.1 Å². The fraction of sp³-hybridized carbons (Fsp3) is 0.250. The summed E-state index contributed by atoms with van der Waals surface area (Å²) < 4.78 is 0. The minimum absolute atomic E-state index is 0.651. The van der Waals surface area contributed by atoms with Crippen molar-refractivity contribution in [3.8, 4) is 11.1 Å². The summed E-state index contributed by atoms with van der Waals surface area (Å²) in [4.78, 5) is 2.74. The van der Waals surface area contributed by atoms with Crippen LogP contribution in [-0.4, -0.2) is 6.54 Å². The van der Waals surface area contributed by atoms with Gasteiger partial charge in [0.25, 0.3) is 0 Å². The van der Waals surface area contributed by atoms with Crippen LogP contribution >= 0.6 is 23.4 Å². The third-order valence-corrected chi connectivity index (χ3v) is 4.16. The summed E-state index contributed by atoms with van der Waals surface area (Å²) in [7, 11) is 0. The Kier molecular flexibility index (Phi) is 3.79. The van der Waals surface area contributed by atoms with Gasteiger partial charge in [0.1, 0.15) is 0 Å². The Hall–Kier alpha value is -1.02. The minimum atomic E-state index is 0.651. The van der Waals surface area contributed by atoms with Crippen molar-refractivity contribution in [2.24, 2.45) is 5.92 Å². The van der Waals surface area contributed by atoms with Gasteiger partial charge in [0.2, 0.25) is 0 Å². The summed E-state index contributed by atoms with van der Waals surface area (Å²) in [5.41, 5.74) is 3.86. The first kappa shape index (κ1) is 13.0. The maximum atomic E-state index is 5.93. The van der Waals surface area contributed by atoms with Crippen molar-refractivity contribution in [2.75, 3.05) is 6.54 Å². The van der Waals surface area contributed by atoms with Gasteiger partial charge in [-0.25, -0.2) is 4.84 Å². The van der Waals surface area contributed by atoms with Gasteiger partial charge in [-0.1, -0.05) is 48.0 Å². The quantitative estimate of drug-likeness (QED) is 0.794. The lowest BCUT2D eigenvalue weighted by Gasteiger charge is -2.06. The number of benzene rings is 2. The molecular formula is C16H15Cl2N. The molecule has 3 heteroatoms. The van der Waals surface area contributed by atoms with Crippen LogP contribution < -0.4 is 4.84 Å². The van der Waals surface area contributed by atoms with Gasteiger partial charge in [0.15, 0.2) is 0 Å². The highest BCUT2D eigenvalue weighted by Crippen LogP contribution is 2.47. The van der Waals surface area contributed by atoms with Crippen LogP contribution in [0.15, 0.2) is 48.5 Å². The molecule has 2 aromatic carbocycles. The third-order valence-electron chi connectivity index (χ3n) is 3.75. The molecule has 2 unspecified atom stereocenters. The molecule has 0 bridgehead atoms. The average Bonchev–Trinajstić information content (AvgIpc) is 3.20. The van der Waals surface area contributed by atoms with Crippen molar-refractivity contribution in [3.05, 3.63) is 59.1 Å². The predicted molar refractivity (Wildman–Crippen MR) is 81.6 cm³/mol. The van der Waals surface area contributed by atoms with Crippen LogP contribution in [0.4, 0.5) is 0 Å². The van der Waals surface area contributed by atoms with Gasteiger partial charge < -0.3 is 0 Å². The van der Waals surface area contributed by atoms with Crippen LogP contribution in [0.3, 0.4) is 0 Å². The van der Waals surface area contributed by atoms with Gasteiger partial charge in [-0.15, -0.1) is 0 Å². The molecule has 2 atom stereocenters. The molecule has 0 radical (unpaired) electrons. The molecule has 0 aromatic heterocycles. The van der Waals surface area contributed by atoms with Crippen LogP contribution in [0.2, 0.25) is 5.02 Å². The van der Waals surface area contributed by atoms with E-state index in [1.54, 1.807) is 0 Å². The zero-order valence-corrected chi connectivity index (χ0v) is 12.0. The van der Waals surface area contributed by atoms with Gasteiger partial charge in [-0.2, -0.15) is 0 Å². The van der Waals surface area contributed by atoms with Crippen molar-refractivity contribution >= 4 is 23.4 Å². The fourth-order valence-electron chi connectivity index (χ4n) is 2.57. The van der Waals surface area contributed by atoms with E-state index < -0.39 is 0 Å². The summed E-state index contributed by atoms with van der Waals surface area (Å²) in [5, 5.41) is 0.773. The van der Waals surface area contributed by atoms with Gasteiger partial charge in [0, 0.05) is 11.6 Å². The van der Waals surface area contributed by atoms with Crippen molar-refractivity contribution in [2.45, 2.75) is 12.3 Å². The molecular weight excluding hydrogens is 277 g/mol. The summed E-state index contributed by atoms with van der Waals surface area (Å²) in [6.45, 7) is 0.886. The highest BCUT2D eigenvalue weighted by molar-refractivity contribution is 6.30. The van der Waals surface area contributed by atoms with Crippen LogP contribution in [0.5, 0.6) is 0 Å². The Labute approximate surface area is 123 Å². The van der Waals surface area contributed by atoms with Gasteiger partial charge in [0.05, 0.1) is 0 Å². The second-order valence-corrected chi connectivity index (χ2v) is 5.78. The molecule has 0 saturated heterocycles. The Morgan fingerprint density at radius 1 is 1.05 bits per heavy atom. The Balaban J connectivity index is 1.82. The highest BCUT2D eigenvalue weighted by atomic mass is 35.5. The number of hydrogen-bond donors (Lipinski definition) is 1. The lowest BCUT2D eigenvalue weighted by atomic mass is 10.0. The van der Waals surface area contributed by atoms with E-state index in [-0.39, 0.29) is 0 Å². The molecule has 3 rings (SSSR count). The van der Waals surface area contributed by atoms with E-state index in [0.717, 1.165) is 11.6 Å². The molecule has 0 amide bonds. The molecule has 1 aliphatic carbocycles. The maximum Gasteiger partial charge on any atom is 0.0406 e. The van der Waals surface area contributed by atoms with E-state index in [2.05, 4.69) is 41.2 Å². The predicted octanol–water partition coefficient (Wildman–Crippen LogP) is 4.85. The lowest BCUT2D eigenvalue weighted by molar-refractivity contribution is 0.766. The van der Waals surface area contributed by atoms with Crippen molar-refractivity contribution < 1.29 is 0 Å². The summed E-state index contributed by atoms with van der Waals surface area (Å²) >= 11 is 11.5. The second kappa shape index (κ2) is 5.54. The summed E-state index contributed by atoms with van der Waals surface area (Å²) in [5.74, 6) is 1.33. The molecule has 1 aliphatic rings. The zero-order chi connectivity index (χ0) is 13.2. The number of nitrogens with one attached hydrogen (secondary N) is 1. The smallest absolute Gasteiger partial charge is 0.0406 e. The van der Waals surface area contributed by atoms with Crippen LogP contribution in [-0.2, 0) is 0 Å². The van der Waals surface area contributed by atoms with Crippen molar-refractivity contribution in [1.82, 2.24) is 4.84 Å². The highest BCUT2D eigenvalue weighted by Gasteiger charge is 2.37. The number of rotatable bonds is 4. The standard InChI is InChI=1S/C16H15Cl2N/c17-15-6-4-11(5-7-15)12-2-1-3-13(8-12)16-9-14(16)10-19-18/h1-8,14,16,19H,9-10H2. The maximum absolute atomic E-state index is 5.93. The summed E-state index contributed by atoms with van der Waals surface area (Å²) in [6, 6.07) is 16.7. The molecule has 98 valence electrons.